The van der Waals surface area contributed by atoms with E-state index in [1.54, 1.807) is 22.8 Å². The molecule has 3 rings (SSSR count). The molecule has 3 aromatic rings. The summed E-state index contributed by atoms with van der Waals surface area (Å²) in [5.41, 5.74) is 2.95. The number of carbonyl (C=O) groups excluding carboxylic acids is 1. The van der Waals surface area contributed by atoms with Crippen LogP contribution < -0.4 is 5.32 Å². The number of methoxy groups -OCH3 is 1. The van der Waals surface area contributed by atoms with Crippen molar-refractivity contribution >= 4 is 17.4 Å². The van der Waals surface area contributed by atoms with Crippen LogP contribution in [0.1, 0.15) is 16.8 Å². The number of hydrogen-bond acceptors (Lipinski definition) is 6. The molecular formula is C17H18N4O3. The number of rotatable bonds is 6. The van der Waals surface area contributed by atoms with Crippen molar-refractivity contribution in [2.45, 2.75) is 6.42 Å². The first-order valence-electron chi connectivity index (χ1n) is 7.61. The first kappa shape index (κ1) is 15.9. The van der Waals surface area contributed by atoms with Crippen LogP contribution in [0.15, 0.2) is 42.6 Å². The lowest BCUT2D eigenvalue weighted by Crippen LogP contribution is -2.07. The molecule has 124 valence electrons. The number of anilines is 1. The zero-order valence-corrected chi connectivity index (χ0v) is 13.3. The van der Waals surface area contributed by atoms with Gasteiger partial charge in [-0.2, -0.15) is 0 Å². The van der Waals surface area contributed by atoms with Crippen LogP contribution in [0.2, 0.25) is 0 Å². The van der Waals surface area contributed by atoms with Gasteiger partial charge in [-0.15, -0.1) is 5.10 Å². The topological polar surface area (TPSA) is 88.8 Å². The average molecular weight is 326 g/mol. The second kappa shape index (κ2) is 7.10. The molecule has 0 bridgehead atoms. The van der Waals surface area contributed by atoms with Gasteiger partial charge in [0.25, 0.3) is 0 Å². The number of carbonyl (C=O) groups is 1. The normalized spacial score (nSPS) is 10.8. The number of esters is 1. The molecule has 0 saturated carbocycles. The van der Waals surface area contributed by atoms with Gasteiger partial charge in [0.2, 0.25) is 0 Å². The van der Waals surface area contributed by atoms with Gasteiger partial charge in [0, 0.05) is 18.7 Å². The maximum absolute atomic E-state index is 11.5. The second-order valence-corrected chi connectivity index (χ2v) is 5.20. The Morgan fingerprint density at radius 1 is 1.25 bits per heavy atom. The monoisotopic (exact) mass is 326 g/mol. The van der Waals surface area contributed by atoms with Crippen LogP contribution in [0, 0.1) is 0 Å². The van der Waals surface area contributed by atoms with E-state index in [1.165, 1.54) is 7.11 Å². The van der Waals surface area contributed by atoms with Gasteiger partial charge >= 0.3 is 5.97 Å². The smallest absolute Gasteiger partial charge is 0.337 e. The number of nitrogens with one attached hydrogen (secondary N) is 1. The Bertz CT molecular complexity index is 843. The first-order valence-corrected chi connectivity index (χ1v) is 7.61. The van der Waals surface area contributed by atoms with Crippen molar-refractivity contribution in [1.82, 2.24) is 14.6 Å². The Kier molecular flexibility index (Phi) is 4.72. The number of benzene rings is 1. The number of nitrogens with zero attached hydrogens (tertiary/aromatic N) is 3. The number of fused-ring (bicyclic) bond motifs is 1. The summed E-state index contributed by atoms with van der Waals surface area (Å²) >= 11 is 0. The lowest BCUT2D eigenvalue weighted by Gasteiger charge is -2.07. The molecule has 0 atom stereocenters. The van der Waals surface area contributed by atoms with E-state index < -0.39 is 0 Å². The molecule has 7 nitrogen and oxygen atoms in total. The molecule has 7 heteroatoms. The molecule has 0 saturated heterocycles. The van der Waals surface area contributed by atoms with E-state index >= 15 is 0 Å². The van der Waals surface area contributed by atoms with Gasteiger partial charge in [-0.05, 0) is 30.7 Å². The molecule has 0 unspecified atom stereocenters. The van der Waals surface area contributed by atoms with E-state index in [4.69, 9.17) is 9.84 Å². The van der Waals surface area contributed by atoms with E-state index in [9.17, 15) is 4.79 Å². The Hall–Kier alpha value is -2.93. The highest BCUT2D eigenvalue weighted by molar-refractivity contribution is 5.89. The largest absolute Gasteiger partial charge is 0.465 e. The van der Waals surface area contributed by atoms with Gasteiger partial charge in [-0.3, -0.25) is 0 Å². The number of aliphatic hydroxyl groups excluding tert-OH is 1. The van der Waals surface area contributed by atoms with Crippen molar-refractivity contribution in [2.24, 2.45) is 0 Å². The molecule has 0 radical (unpaired) electrons. The lowest BCUT2D eigenvalue weighted by atomic mass is 10.1. The van der Waals surface area contributed by atoms with Gasteiger partial charge in [0.05, 0.1) is 24.6 Å². The fourth-order valence-electron chi connectivity index (χ4n) is 2.35. The van der Waals surface area contributed by atoms with E-state index in [1.807, 2.05) is 24.3 Å². The number of imidazole rings is 1. The highest BCUT2D eigenvalue weighted by atomic mass is 16.5. The minimum absolute atomic E-state index is 0.137. The summed E-state index contributed by atoms with van der Waals surface area (Å²) in [5, 5.41) is 16.5. The molecule has 1 aromatic carbocycles. The number of hydrogen-bond donors (Lipinski definition) is 2. The molecule has 2 heterocycles. The summed E-state index contributed by atoms with van der Waals surface area (Å²) in [6.45, 7) is 0.783. The molecular weight excluding hydrogens is 308 g/mol. The molecule has 0 aliphatic rings. The third-order valence-electron chi connectivity index (χ3n) is 3.61. The quantitative estimate of drug-likeness (QED) is 0.532. The summed E-state index contributed by atoms with van der Waals surface area (Å²) in [6, 6.07) is 10.8. The van der Waals surface area contributed by atoms with Crippen LogP contribution in [0.5, 0.6) is 0 Å². The minimum Gasteiger partial charge on any atom is -0.465 e. The van der Waals surface area contributed by atoms with Crippen LogP contribution in [-0.2, 0) is 4.74 Å². The molecule has 0 aliphatic heterocycles. The summed E-state index contributed by atoms with van der Waals surface area (Å²) < 4.78 is 6.45. The third-order valence-corrected chi connectivity index (χ3v) is 3.61. The standard InChI is InChI=1S/C17H18N4O3/c1-24-17(23)13-5-3-12(4-6-13)14-11-19-16-8-7-15(20-21(14)16)18-9-2-10-22/h3-8,11,22H,2,9-10H2,1H3,(H,18,20). The van der Waals surface area contributed by atoms with Crippen molar-refractivity contribution in [3.05, 3.63) is 48.2 Å². The van der Waals surface area contributed by atoms with Crippen molar-refractivity contribution in [3.8, 4) is 11.3 Å². The van der Waals surface area contributed by atoms with Crippen molar-refractivity contribution < 1.29 is 14.6 Å². The maximum atomic E-state index is 11.5. The fourth-order valence-corrected chi connectivity index (χ4v) is 2.35. The molecule has 0 amide bonds. The lowest BCUT2D eigenvalue weighted by molar-refractivity contribution is 0.0601. The number of aromatic nitrogens is 3. The van der Waals surface area contributed by atoms with Crippen LogP contribution >= 0.6 is 0 Å². The fraction of sp³-hybridized carbons (Fsp3) is 0.235. The summed E-state index contributed by atoms with van der Waals surface area (Å²) in [4.78, 5) is 15.9. The molecule has 0 aliphatic carbocycles. The van der Waals surface area contributed by atoms with Gasteiger partial charge in [-0.25, -0.2) is 14.3 Å². The van der Waals surface area contributed by atoms with Crippen molar-refractivity contribution in [2.75, 3.05) is 25.6 Å². The van der Waals surface area contributed by atoms with Gasteiger partial charge in [-0.1, -0.05) is 12.1 Å². The van der Waals surface area contributed by atoms with Gasteiger partial charge in [0.15, 0.2) is 5.65 Å². The summed E-state index contributed by atoms with van der Waals surface area (Å²) in [7, 11) is 1.36. The number of aliphatic hydroxyl groups is 1. The van der Waals surface area contributed by atoms with Crippen molar-refractivity contribution in [1.29, 1.82) is 0 Å². The Balaban J connectivity index is 1.91. The zero-order chi connectivity index (χ0) is 16.9. The van der Waals surface area contributed by atoms with E-state index in [0.717, 1.165) is 16.9 Å². The van der Waals surface area contributed by atoms with E-state index in [0.29, 0.717) is 24.3 Å². The van der Waals surface area contributed by atoms with Gasteiger partial charge in [0.1, 0.15) is 5.82 Å². The van der Waals surface area contributed by atoms with Crippen LogP contribution in [-0.4, -0.2) is 45.9 Å². The minimum atomic E-state index is -0.367. The van der Waals surface area contributed by atoms with E-state index in [-0.39, 0.29) is 12.6 Å². The molecule has 0 spiro atoms. The maximum Gasteiger partial charge on any atom is 0.337 e. The molecule has 24 heavy (non-hydrogen) atoms. The Morgan fingerprint density at radius 2 is 2.04 bits per heavy atom. The second-order valence-electron chi connectivity index (χ2n) is 5.20. The van der Waals surface area contributed by atoms with Crippen LogP contribution in [0.3, 0.4) is 0 Å². The predicted molar refractivity (Wildman–Crippen MR) is 90.0 cm³/mol. The van der Waals surface area contributed by atoms with E-state index in [2.05, 4.69) is 15.4 Å². The Morgan fingerprint density at radius 3 is 2.75 bits per heavy atom. The zero-order valence-electron chi connectivity index (χ0n) is 13.3. The van der Waals surface area contributed by atoms with Crippen LogP contribution in [0.25, 0.3) is 16.9 Å². The van der Waals surface area contributed by atoms with Crippen LogP contribution in [0.4, 0.5) is 5.82 Å². The third kappa shape index (κ3) is 3.21. The first-order chi connectivity index (χ1) is 11.7. The summed E-state index contributed by atoms with van der Waals surface area (Å²) in [5.74, 6) is 0.342. The van der Waals surface area contributed by atoms with Gasteiger partial charge < -0.3 is 15.2 Å². The molecule has 2 N–H and O–H groups in total. The average Bonchev–Trinajstić information content (AvgIpc) is 3.04. The highest BCUT2D eigenvalue weighted by Crippen LogP contribution is 2.21. The Labute approximate surface area is 138 Å². The SMILES string of the molecule is COC(=O)c1ccc(-c2cnc3ccc(NCCCO)nn23)cc1. The highest BCUT2D eigenvalue weighted by Gasteiger charge is 2.10. The predicted octanol–water partition coefficient (Wildman–Crippen LogP) is 1.98. The summed E-state index contributed by atoms with van der Waals surface area (Å²) in [6.07, 6.45) is 2.40. The van der Waals surface area contributed by atoms with Crippen molar-refractivity contribution in [3.63, 3.8) is 0 Å². The molecule has 0 fully saturated rings. The number of ether oxygens (including phenoxy) is 1. The molecule has 2 aromatic heterocycles.